The van der Waals surface area contributed by atoms with Crippen molar-refractivity contribution in [3.05, 3.63) is 83.9 Å². The summed E-state index contributed by atoms with van der Waals surface area (Å²) in [5, 5.41) is 3.63. The standard InChI is InChI=1S/C24H22N2O3/c1-16-13-20(25-18-7-3-2-4-8-18)19-9-5-6-10-21(19)26(16)24(27)17-11-12-22-23(14-17)29-15-28-22/h2-12,14,16,20,25H,13,15H2,1H3/t16-,20-/m0/s1. The zero-order chi connectivity index (χ0) is 19.8. The first-order chi connectivity index (χ1) is 14.2. The number of fused-ring (bicyclic) bond motifs is 2. The lowest BCUT2D eigenvalue weighted by atomic mass is 9.90. The predicted molar refractivity (Wildman–Crippen MR) is 113 cm³/mol. The third-order valence-electron chi connectivity index (χ3n) is 5.54. The molecule has 5 rings (SSSR count). The highest BCUT2D eigenvalue weighted by atomic mass is 16.7. The SMILES string of the molecule is C[C@H]1C[C@H](Nc2ccccc2)c2ccccc2N1C(=O)c1ccc2c(c1)OCO2. The summed E-state index contributed by atoms with van der Waals surface area (Å²) in [5.41, 5.74) is 3.76. The second-order valence-electron chi connectivity index (χ2n) is 7.45. The van der Waals surface area contributed by atoms with Gasteiger partial charge in [-0.2, -0.15) is 0 Å². The van der Waals surface area contributed by atoms with E-state index in [0.29, 0.717) is 17.1 Å². The van der Waals surface area contributed by atoms with E-state index in [0.717, 1.165) is 23.4 Å². The van der Waals surface area contributed by atoms with E-state index in [2.05, 4.69) is 30.4 Å². The van der Waals surface area contributed by atoms with Crippen LogP contribution in [0.15, 0.2) is 72.8 Å². The highest BCUT2D eigenvalue weighted by Crippen LogP contribution is 2.40. The van der Waals surface area contributed by atoms with Crippen LogP contribution in [0, 0.1) is 0 Å². The second-order valence-corrected chi connectivity index (χ2v) is 7.45. The Morgan fingerprint density at radius 2 is 1.72 bits per heavy atom. The van der Waals surface area contributed by atoms with E-state index in [1.54, 1.807) is 18.2 Å². The summed E-state index contributed by atoms with van der Waals surface area (Å²) >= 11 is 0. The van der Waals surface area contributed by atoms with Gasteiger partial charge in [0.2, 0.25) is 6.79 Å². The van der Waals surface area contributed by atoms with Gasteiger partial charge in [0.05, 0.1) is 6.04 Å². The number of para-hydroxylation sites is 2. The van der Waals surface area contributed by atoms with Gasteiger partial charge in [0.25, 0.3) is 5.91 Å². The molecule has 1 amide bonds. The molecule has 3 aromatic rings. The number of hydrogen-bond donors (Lipinski definition) is 1. The number of amides is 1. The smallest absolute Gasteiger partial charge is 0.258 e. The molecule has 2 aliphatic heterocycles. The Morgan fingerprint density at radius 3 is 2.59 bits per heavy atom. The average Bonchev–Trinajstić information content (AvgIpc) is 3.22. The lowest BCUT2D eigenvalue weighted by molar-refractivity contribution is 0.0973. The van der Waals surface area contributed by atoms with E-state index < -0.39 is 0 Å². The van der Waals surface area contributed by atoms with Gasteiger partial charge in [0.15, 0.2) is 11.5 Å². The van der Waals surface area contributed by atoms with Crippen molar-refractivity contribution in [2.24, 2.45) is 0 Å². The van der Waals surface area contributed by atoms with Crippen LogP contribution in [0.25, 0.3) is 0 Å². The molecule has 29 heavy (non-hydrogen) atoms. The lowest BCUT2D eigenvalue weighted by Crippen LogP contribution is -2.44. The fourth-order valence-electron chi connectivity index (χ4n) is 4.16. The van der Waals surface area contributed by atoms with E-state index in [1.165, 1.54) is 0 Å². The molecular weight excluding hydrogens is 364 g/mol. The Kier molecular flexibility index (Phi) is 4.35. The number of anilines is 2. The minimum absolute atomic E-state index is 0.0265. The average molecular weight is 386 g/mol. The van der Waals surface area contributed by atoms with Crippen molar-refractivity contribution >= 4 is 17.3 Å². The van der Waals surface area contributed by atoms with Crippen LogP contribution in [-0.2, 0) is 0 Å². The minimum Gasteiger partial charge on any atom is -0.454 e. The van der Waals surface area contributed by atoms with Crippen LogP contribution >= 0.6 is 0 Å². The van der Waals surface area contributed by atoms with Gasteiger partial charge >= 0.3 is 0 Å². The topological polar surface area (TPSA) is 50.8 Å². The minimum atomic E-state index is -0.0265. The van der Waals surface area contributed by atoms with Gasteiger partial charge in [-0.05, 0) is 55.3 Å². The fourth-order valence-corrected chi connectivity index (χ4v) is 4.16. The molecule has 0 saturated heterocycles. The molecule has 0 radical (unpaired) electrons. The molecule has 5 heteroatoms. The maximum absolute atomic E-state index is 13.4. The molecule has 5 nitrogen and oxygen atoms in total. The molecule has 2 aliphatic rings. The number of carbonyl (C=O) groups excluding carboxylic acids is 1. The number of rotatable bonds is 3. The number of benzene rings is 3. The monoisotopic (exact) mass is 386 g/mol. The lowest BCUT2D eigenvalue weighted by Gasteiger charge is -2.40. The van der Waals surface area contributed by atoms with Gasteiger partial charge in [-0.25, -0.2) is 0 Å². The molecule has 0 aromatic heterocycles. The molecule has 1 N–H and O–H groups in total. The summed E-state index contributed by atoms with van der Waals surface area (Å²) in [5.74, 6) is 1.28. The summed E-state index contributed by atoms with van der Waals surface area (Å²) in [6.07, 6.45) is 0.822. The maximum atomic E-state index is 13.4. The van der Waals surface area contributed by atoms with E-state index in [1.807, 2.05) is 41.3 Å². The van der Waals surface area contributed by atoms with Gasteiger partial charge in [-0.15, -0.1) is 0 Å². The molecule has 0 aliphatic carbocycles. The van der Waals surface area contributed by atoms with E-state index >= 15 is 0 Å². The zero-order valence-corrected chi connectivity index (χ0v) is 16.2. The molecule has 0 saturated carbocycles. The quantitative estimate of drug-likeness (QED) is 0.688. The van der Waals surface area contributed by atoms with Crippen molar-refractivity contribution in [3.8, 4) is 11.5 Å². The van der Waals surface area contributed by atoms with Crippen molar-refractivity contribution < 1.29 is 14.3 Å². The third kappa shape index (κ3) is 3.18. The Labute approximate surface area is 169 Å². The van der Waals surface area contributed by atoms with Gasteiger partial charge in [-0.1, -0.05) is 36.4 Å². The molecule has 3 aromatic carbocycles. The molecular formula is C24H22N2O3. The summed E-state index contributed by atoms with van der Waals surface area (Å²) in [7, 11) is 0. The number of ether oxygens (including phenoxy) is 2. The highest BCUT2D eigenvalue weighted by molar-refractivity contribution is 6.07. The first-order valence-electron chi connectivity index (χ1n) is 9.84. The summed E-state index contributed by atoms with van der Waals surface area (Å²) < 4.78 is 10.8. The molecule has 2 heterocycles. The summed E-state index contributed by atoms with van der Waals surface area (Å²) in [4.78, 5) is 15.3. The third-order valence-corrected chi connectivity index (χ3v) is 5.54. The molecule has 0 unspecified atom stereocenters. The van der Waals surface area contributed by atoms with Crippen molar-refractivity contribution in [1.82, 2.24) is 0 Å². The Morgan fingerprint density at radius 1 is 0.966 bits per heavy atom. The van der Waals surface area contributed by atoms with Crippen LogP contribution in [0.1, 0.15) is 35.3 Å². The van der Waals surface area contributed by atoms with Gasteiger partial charge < -0.3 is 19.7 Å². The normalized spacial score (nSPS) is 19.6. The zero-order valence-electron chi connectivity index (χ0n) is 16.2. The van der Waals surface area contributed by atoms with Gasteiger partial charge in [0.1, 0.15) is 0 Å². The number of nitrogens with one attached hydrogen (secondary N) is 1. The maximum Gasteiger partial charge on any atom is 0.258 e. The number of nitrogens with zero attached hydrogens (tertiary/aromatic N) is 1. The Hall–Kier alpha value is -3.47. The van der Waals surface area contributed by atoms with Crippen LogP contribution in [0.5, 0.6) is 11.5 Å². The van der Waals surface area contributed by atoms with E-state index in [9.17, 15) is 4.79 Å². The van der Waals surface area contributed by atoms with Crippen LogP contribution in [0.3, 0.4) is 0 Å². The van der Waals surface area contributed by atoms with Gasteiger partial charge in [0, 0.05) is 23.0 Å². The van der Waals surface area contributed by atoms with Crippen LogP contribution in [0.2, 0.25) is 0 Å². The first kappa shape index (κ1) is 17.6. The first-order valence-corrected chi connectivity index (χ1v) is 9.84. The molecule has 0 spiro atoms. The van der Waals surface area contributed by atoms with Crippen molar-refractivity contribution in [2.75, 3.05) is 17.0 Å². The summed E-state index contributed by atoms with van der Waals surface area (Å²) in [6, 6.07) is 23.9. The van der Waals surface area contributed by atoms with Crippen LogP contribution in [0.4, 0.5) is 11.4 Å². The van der Waals surface area contributed by atoms with Crippen LogP contribution < -0.4 is 19.7 Å². The predicted octanol–water partition coefficient (Wildman–Crippen LogP) is 5.01. The Balaban J connectivity index is 1.48. The molecule has 2 atom stereocenters. The highest BCUT2D eigenvalue weighted by Gasteiger charge is 2.34. The van der Waals surface area contributed by atoms with Gasteiger partial charge in [-0.3, -0.25) is 4.79 Å². The largest absolute Gasteiger partial charge is 0.454 e. The molecule has 0 fully saturated rings. The summed E-state index contributed by atoms with van der Waals surface area (Å²) in [6.45, 7) is 2.29. The number of hydrogen-bond acceptors (Lipinski definition) is 4. The molecule has 146 valence electrons. The van der Waals surface area contributed by atoms with E-state index in [4.69, 9.17) is 9.47 Å². The second kappa shape index (κ2) is 7.17. The van der Waals surface area contributed by atoms with E-state index in [-0.39, 0.29) is 24.8 Å². The van der Waals surface area contributed by atoms with Crippen molar-refractivity contribution in [1.29, 1.82) is 0 Å². The molecule has 0 bridgehead atoms. The van der Waals surface area contributed by atoms with Crippen molar-refractivity contribution in [2.45, 2.75) is 25.4 Å². The Bertz CT molecular complexity index is 1050. The van der Waals surface area contributed by atoms with Crippen LogP contribution in [-0.4, -0.2) is 18.7 Å². The number of carbonyl (C=O) groups is 1. The fraction of sp³-hybridized carbons (Fsp3) is 0.208. The van der Waals surface area contributed by atoms with Crippen molar-refractivity contribution in [3.63, 3.8) is 0 Å².